The van der Waals surface area contributed by atoms with Crippen molar-refractivity contribution in [2.75, 3.05) is 0 Å². The van der Waals surface area contributed by atoms with Crippen LogP contribution in [0.3, 0.4) is 0 Å². The van der Waals surface area contributed by atoms with Gasteiger partial charge in [0, 0.05) is 12.8 Å². The van der Waals surface area contributed by atoms with Crippen molar-refractivity contribution in [1.29, 1.82) is 0 Å². The monoisotopic (exact) mass is 499 g/mol. The third kappa shape index (κ3) is 5.41. The summed E-state index contributed by atoms with van der Waals surface area (Å²) in [5, 5.41) is 1.98. The van der Waals surface area contributed by atoms with E-state index in [1.165, 1.54) is 24.3 Å². The van der Waals surface area contributed by atoms with Crippen molar-refractivity contribution in [3.8, 4) is 0 Å². The summed E-state index contributed by atoms with van der Waals surface area (Å²) < 4.78 is 54.5. The molecule has 0 bridgehead atoms. The van der Waals surface area contributed by atoms with Crippen molar-refractivity contribution < 1.29 is 22.4 Å². The van der Waals surface area contributed by atoms with Crippen LogP contribution in [0.15, 0.2) is 36.4 Å². The molecule has 1 aliphatic rings. The molecule has 1 aliphatic carbocycles. The number of rotatable bonds is 5. The molecule has 2 aromatic carbocycles. The number of nitrogens with one attached hydrogen (secondary N) is 1. The summed E-state index contributed by atoms with van der Waals surface area (Å²) >= 11 is 23.6. The molecule has 160 valence electrons. The molecule has 0 spiro atoms. The Morgan fingerprint density at radius 2 is 1.63 bits per heavy atom. The Morgan fingerprint density at radius 3 is 2.13 bits per heavy atom. The predicted molar refractivity (Wildman–Crippen MR) is 111 cm³/mol. The number of hydrogen-bond donors (Lipinski definition) is 1. The van der Waals surface area contributed by atoms with Gasteiger partial charge in [0.1, 0.15) is 0 Å². The summed E-state index contributed by atoms with van der Waals surface area (Å²) in [6.45, 7) is 0. The highest BCUT2D eigenvalue weighted by molar-refractivity contribution is 6.48. The molecule has 1 amide bonds. The van der Waals surface area contributed by atoms with Gasteiger partial charge in [0.05, 0.1) is 31.6 Å². The Morgan fingerprint density at radius 1 is 1.03 bits per heavy atom. The molecule has 0 heterocycles. The first-order valence-electron chi connectivity index (χ1n) is 8.60. The molecule has 0 aromatic heterocycles. The first-order chi connectivity index (χ1) is 13.9. The number of allylic oxidation sites excluding steroid dienone is 1. The second kappa shape index (κ2) is 8.58. The van der Waals surface area contributed by atoms with Gasteiger partial charge in [0.25, 0.3) is 5.91 Å². The lowest BCUT2D eigenvalue weighted by Crippen LogP contribution is -2.33. The second-order valence-electron chi connectivity index (χ2n) is 6.84. The van der Waals surface area contributed by atoms with Gasteiger partial charge in [-0.1, -0.05) is 64.6 Å². The maximum Gasteiger partial charge on any atom is 0.399 e. The van der Waals surface area contributed by atoms with Crippen LogP contribution < -0.4 is 5.32 Å². The molecule has 3 rings (SSSR count). The minimum Gasteiger partial charge on any atom is -0.320 e. The Labute approximate surface area is 189 Å². The fourth-order valence-electron chi connectivity index (χ4n) is 2.70. The van der Waals surface area contributed by atoms with E-state index in [1.54, 1.807) is 0 Å². The van der Waals surface area contributed by atoms with Crippen LogP contribution in [-0.4, -0.2) is 17.9 Å². The van der Waals surface area contributed by atoms with Crippen LogP contribution in [0.25, 0.3) is 6.08 Å². The van der Waals surface area contributed by atoms with Crippen LogP contribution in [0.4, 0.5) is 17.6 Å². The van der Waals surface area contributed by atoms with E-state index in [9.17, 15) is 22.4 Å². The van der Waals surface area contributed by atoms with Gasteiger partial charge in [-0.15, -0.1) is 0 Å². The summed E-state index contributed by atoms with van der Waals surface area (Å²) in [6.07, 6.45) is -2.04. The van der Waals surface area contributed by atoms with Gasteiger partial charge in [-0.05, 0) is 35.4 Å². The van der Waals surface area contributed by atoms with E-state index in [-0.39, 0.29) is 44.1 Å². The molecule has 1 saturated carbocycles. The average Bonchev–Trinajstić information content (AvgIpc) is 3.35. The zero-order chi connectivity index (χ0) is 22.3. The van der Waals surface area contributed by atoms with E-state index in [0.717, 1.165) is 18.2 Å². The van der Waals surface area contributed by atoms with E-state index in [2.05, 4.69) is 5.32 Å². The first-order valence-corrected chi connectivity index (χ1v) is 10.1. The highest BCUT2D eigenvalue weighted by Crippen LogP contribution is 2.41. The second-order valence-corrected chi connectivity index (χ2v) is 8.44. The number of carbonyl (C=O) groups is 1. The Hall–Kier alpha value is -1.47. The lowest BCUT2D eigenvalue weighted by Gasteiger charge is -2.18. The highest BCUT2D eigenvalue weighted by Gasteiger charge is 2.45. The van der Waals surface area contributed by atoms with Crippen molar-refractivity contribution in [3.63, 3.8) is 0 Å². The molecule has 0 saturated heterocycles. The van der Waals surface area contributed by atoms with Gasteiger partial charge in [-0.3, -0.25) is 4.79 Å². The normalized spacial score (nSPS) is 16.5. The minimum absolute atomic E-state index is 0.0139. The van der Waals surface area contributed by atoms with Crippen LogP contribution in [0, 0.1) is 0 Å². The molecule has 1 fully saturated rings. The Bertz CT molecular complexity index is 995. The lowest BCUT2D eigenvalue weighted by molar-refractivity contribution is -0.139. The molecule has 30 heavy (non-hydrogen) atoms. The number of carbonyl (C=O) groups excluding carboxylic acids is 1. The van der Waals surface area contributed by atoms with Crippen LogP contribution in [0.5, 0.6) is 0 Å². The van der Waals surface area contributed by atoms with Gasteiger partial charge < -0.3 is 5.32 Å². The standard InChI is InChI=1S/C20H13Cl4F4NO/c21-14-7-10(1-3-12(14)18(30)29-19(25)5-6-19)2-4-13(20(26,27)28)11-8-15(22)17(24)16(23)9-11/h1-4,7-9,13H,5-6H2,(H,29,30)/b4-2+. The molecule has 2 nitrogen and oxygen atoms in total. The van der Waals surface area contributed by atoms with E-state index in [1.807, 2.05) is 0 Å². The third-order valence-corrected chi connectivity index (χ3v) is 5.97. The Kier molecular flexibility index (Phi) is 6.63. The summed E-state index contributed by atoms with van der Waals surface area (Å²) in [4.78, 5) is 12.1. The van der Waals surface area contributed by atoms with Crippen LogP contribution >= 0.6 is 46.4 Å². The zero-order valence-corrected chi connectivity index (χ0v) is 18.0. The molecule has 0 aliphatic heterocycles. The van der Waals surface area contributed by atoms with Gasteiger partial charge in [0.15, 0.2) is 5.79 Å². The largest absolute Gasteiger partial charge is 0.399 e. The van der Waals surface area contributed by atoms with E-state index >= 15 is 0 Å². The smallest absolute Gasteiger partial charge is 0.320 e. The number of halogens is 8. The van der Waals surface area contributed by atoms with Crippen molar-refractivity contribution in [2.45, 2.75) is 30.7 Å². The summed E-state index contributed by atoms with van der Waals surface area (Å²) in [6, 6.07) is 6.25. The van der Waals surface area contributed by atoms with Gasteiger partial charge in [-0.25, -0.2) is 4.39 Å². The molecular formula is C20H13Cl4F4NO. The van der Waals surface area contributed by atoms with Crippen molar-refractivity contribution in [3.05, 3.63) is 73.2 Å². The Balaban J connectivity index is 1.86. The number of alkyl halides is 4. The van der Waals surface area contributed by atoms with Gasteiger partial charge >= 0.3 is 6.18 Å². The summed E-state index contributed by atoms with van der Waals surface area (Å²) in [5.41, 5.74) is 0.164. The molecule has 1 N–H and O–H groups in total. The SMILES string of the molecule is O=C(NC1(F)CC1)c1ccc(/C=C/C(c2cc(Cl)c(Cl)c(Cl)c2)C(F)(F)F)cc1Cl. The topological polar surface area (TPSA) is 29.1 Å². The van der Waals surface area contributed by atoms with Crippen LogP contribution in [0.2, 0.25) is 20.1 Å². The van der Waals surface area contributed by atoms with Gasteiger partial charge in [-0.2, -0.15) is 13.2 Å². The number of benzene rings is 2. The molecular weight excluding hydrogens is 488 g/mol. The first kappa shape index (κ1) is 23.2. The highest BCUT2D eigenvalue weighted by atomic mass is 35.5. The van der Waals surface area contributed by atoms with E-state index in [4.69, 9.17) is 46.4 Å². The summed E-state index contributed by atoms with van der Waals surface area (Å²) in [5.74, 6) is -4.40. The zero-order valence-electron chi connectivity index (χ0n) is 15.0. The molecule has 0 radical (unpaired) electrons. The fourth-order valence-corrected chi connectivity index (χ4v) is 3.58. The number of amides is 1. The number of hydrogen-bond acceptors (Lipinski definition) is 1. The molecule has 10 heteroatoms. The molecule has 2 aromatic rings. The maximum atomic E-state index is 13.7. The van der Waals surface area contributed by atoms with Crippen molar-refractivity contribution >= 4 is 58.4 Å². The predicted octanol–water partition coefficient (Wildman–Crippen LogP) is 7.85. The van der Waals surface area contributed by atoms with Crippen LogP contribution in [0.1, 0.15) is 40.2 Å². The quantitative estimate of drug-likeness (QED) is 0.253. The molecule has 1 atom stereocenters. The minimum atomic E-state index is -4.62. The summed E-state index contributed by atoms with van der Waals surface area (Å²) in [7, 11) is 0. The fraction of sp³-hybridized carbons (Fsp3) is 0.250. The molecule has 1 unspecified atom stereocenters. The van der Waals surface area contributed by atoms with E-state index in [0.29, 0.717) is 5.56 Å². The van der Waals surface area contributed by atoms with Crippen molar-refractivity contribution in [1.82, 2.24) is 5.32 Å². The van der Waals surface area contributed by atoms with E-state index < -0.39 is 23.8 Å². The maximum absolute atomic E-state index is 13.7. The third-order valence-electron chi connectivity index (χ3n) is 4.46. The lowest BCUT2D eigenvalue weighted by atomic mass is 9.97. The van der Waals surface area contributed by atoms with Crippen LogP contribution in [-0.2, 0) is 0 Å². The van der Waals surface area contributed by atoms with Gasteiger partial charge in [0.2, 0.25) is 0 Å². The average molecular weight is 501 g/mol. The van der Waals surface area contributed by atoms with Crippen molar-refractivity contribution in [2.24, 2.45) is 0 Å².